The van der Waals surface area contributed by atoms with Gasteiger partial charge in [0.25, 0.3) is 0 Å². The topological polar surface area (TPSA) is 38.7 Å². The first-order valence-corrected chi connectivity index (χ1v) is 18.1. The first-order valence-electron chi connectivity index (χ1n) is 18.1. The third kappa shape index (κ3) is 5.25. The Morgan fingerprint density at radius 2 is 1.00 bits per heavy atom. The number of rotatable bonds is 6. The maximum atomic E-state index is 4.96. The fourth-order valence-corrected chi connectivity index (χ4v) is 8.43. The van der Waals surface area contributed by atoms with Crippen LogP contribution in [0.15, 0.2) is 199 Å². The Balaban J connectivity index is 1.00. The zero-order valence-corrected chi connectivity index (χ0v) is 28.6. The highest BCUT2D eigenvalue weighted by molar-refractivity contribution is 5.90. The molecule has 246 valence electrons. The summed E-state index contributed by atoms with van der Waals surface area (Å²) in [4.78, 5) is 14.8. The fourth-order valence-electron chi connectivity index (χ4n) is 8.43. The highest BCUT2D eigenvalue weighted by atomic mass is 15.0. The van der Waals surface area contributed by atoms with E-state index in [0.717, 1.165) is 23.1 Å². The molecule has 3 atom stereocenters. The molecule has 4 aliphatic rings. The van der Waals surface area contributed by atoms with Gasteiger partial charge < -0.3 is 0 Å². The van der Waals surface area contributed by atoms with E-state index >= 15 is 0 Å². The van der Waals surface area contributed by atoms with Crippen LogP contribution >= 0.6 is 0 Å². The van der Waals surface area contributed by atoms with Gasteiger partial charge in [0.2, 0.25) is 0 Å². The molecule has 1 aromatic heterocycles. The molecule has 0 spiro atoms. The highest BCUT2D eigenvalue weighted by Gasteiger charge is 2.38. The Morgan fingerprint density at radius 1 is 0.442 bits per heavy atom. The minimum Gasteiger partial charge on any atom is -0.208 e. The summed E-state index contributed by atoms with van der Waals surface area (Å²) in [6, 6.07) is 46.8. The lowest BCUT2D eigenvalue weighted by molar-refractivity contribution is 0.588. The van der Waals surface area contributed by atoms with E-state index in [1.165, 1.54) is 44.5 Å². The van der Waals surface area contributed by atoms with Crippen LogP contribution in [-0.4, -0.2) is 15.0 Å². The number of benzene rings is 5. The molecule has 4 aliphatic carbocycles. The first-order chi connectivity index (χ1) is 25.8. The van der Waals surface area contributed by atoms with Crippen molar-refractivity contribution >= 4 is 5.57 Å². The van der Waals surface area contributed by atoms with Crippen molar-refractivity contribution < 1.29 is 0 Å². The summed E-state index contributed by atoms with van der Waals surface area (Å²) in [5.41, 5.74) is 15.4. The van der Waals surface area contributed by atoms with Crippen LogP contribution < -0.4 is 0 Å². The molecule has 0 saturated carbocycles. The largest absolute Gasteiger partial charge is 0.208 e. The monoisotopic (exact) mass is 665 g/mol. The van der Waals surface area contributed by atoms with Crippen molar-refractivity contribution in [3.05, 3.63) is 215 Å². The average molecular weight is 666 g/mol. The van der Waals surface area contributed by atoms with Crippen molar-refractivity contribution in [2.75, 3.05) is 0 Å². The van der Waals surface area contributed by atoms with Crippen molar-refractivity contribution in [3.63, 3.8) is 0 Å². The maximum absolute atomic E-state index is 4.96. The third-order valence-corrected chi connectivity index (χ3v) is 10.9. The van der Waals surface area contributed by atoms with Gasteiger partial charge in [0.05, 0.1) is 0 Å². The number of hydrogen-bond acceptors (Lipinski definition) is 3. The quantitative estimate of drug-likeness (QED) is 0.178. The van der Waals surface area contributed by atoms with E-state index in [0.29, 0.717) is 29.3 Å². The summed E-state index contributed by atoms with van der Waals surface area (Å²) in [7, 11) is 0. The third-order valence-electron chi connectivity index (χ3n) is 10.9. The molecule has 52 heavy (non-hydrogen) atoms. The number of nitrogens with zero attached hydrogens (tertiary/aromatic N) is 3. The highest BCUT2D eigenvalue weighted by Crippen LogP contribution is 2.53. The van der Waals surface area contributed by atoms with E-state index in [1.54, 1.807) is 5.57 Å². The lowest BCUT2D eigenvalue weighted by Gasteiger charge is -2.34. The molecule has 3 heteroatoms. The van der Waals surface area contributed by atoms with Crippen LogP contribution in [-0.2, 0) is 6.42 Å². The molecule has 0 amide bonds. The van der Waals surface area contributed by atoms with E-state index in [4.69, 9.17) is 15.0 Å². The molecule has 0 aliphatic heterocycles. The van der Waals surface area contributed by atoms with E-state index in [-0.39, 0.29) is 5.92 Å². The lowest BCUT2D eigenvalue weighted by atomic mass is 9.69. The van der Waals surface area contributed by atoms with Crippen LogP contribution in [0.5, 0.6) is 0 Å². The SMILES string of the molecule is C1=CC(c2ccc(-c3nc(-c4ccccc4)nc(-c4ccccc4)n3)cc2)C(C2=CC3=C(Cc4c3cccc4-c3ccccc3)[C@H]3C=CC=CC23)=C1. The van der Waals surface area contributed by atoms with Gasteiger partial charge in [0.1, 0.15) is 0 Å². The summed E-state index contributed by atoms with van der Waals surface area (Å²) < 4.78 is 0. The molecule has 0 fully saturated rings. The number of hydrogen-bond donors (Lipinski definition) is 0. The van der Waals surface area contributed by atoms with Crippen LogP contribution in [0.3, 0.4) is 0 Å². The molecular weight excluding hydrogens is 631 g/mol. The van der Waals surface area contributed by atoms with Crippen molar-refractivity contribution in [2.45, 2.75) is 12.3 Å². The van der Waals surface area contributed by atoms with Crippen LogP contribution in [0, 0.1) is 11.8 Å². The molecule has 0 saturated heterocycles. The van der Waals surface area contributed by atoms with Gasteiger partial charge >= 0.3 is 0 Å². The molecule has 0 N–H and O–H groups in total. The van der Waals surface area contributed by atoms with Crippen molar-refractivity contribution in [2.24, 2.45) is 11.8 Å². The van der Waals surface area contributed by atoms with Gasteiger partial charge in [0.15, 0.2) is 17.5 Å². The van der Waals surface area contributed by atoms with E-state index < -0.39 is 0 Å². The molecule has 6 aromatic rings. The molecule has 0 bridgehead atoms. The Hall–Kier alpha value is -6.45. The smallest absolute Gasteiger partial charge is 0.164 e. The predicted octanol–water partition coefficient (Wildman–Crippen LogP) is 11.4. The van der Waals surface area contributed by atoms with Gasteiger partial charge in [-0.1, -0.05) is 188 Å². The summed E-state index contributed by atoms with van der Waals surface area (Å²) in [6.45, 7) is 0. The Kier molecular flexibility index (Phi) is 7.42. The summed E-state index contributed by atoms with van der Waals surface area (Å²) in [5, 5.41) is 0. The van der Waals surface area contributed by atoms with Gasteiger partial charge in [0, 0.05) is 34.4 Å². The molecule has 0 radical (unpaired) electrons. The van der Waals surface area contributed by atoms with Gasteiger partial charge in [-0.15, -0.1) is 0 Å². The minimum atomic E-state index is 0.164. The average Bonchev–Trinajstić information content (AvgIpc) is 3.87. The van der Waals surface area contributed by atoms with Crippen LogP contribution in [0.4, 0.5) is 0 Å². The zero-order valence-electron chi connectivity index (χ0n) is 28.6. The summed E-state index contributed by atoms with van der Waals surface area (Å²) in [5.74, 6) is 2.83. The van der Waals surface area contributed by atoms with Crippen molar-refractivity contribution in [3.8, 4) is 45.3 Å². The normalized spacial score (nSPS) is 19.6. The molecule has 1 heterocycles. The minimum absolute atomic E-state index is 0.164. The van der Waals surface area contributed by atoms with E-state index in [2.05, 4.69) is 121 Å². The molecule has 10 rings (SSSR count). The lowest BCUT2D eigenvalue weighted by Crippen LogP contribution is -2.23. The van der Waals surface area contributed by atoms with Gasteiger partial charge in [-0.05, 0) is 51.0 Å². The second-order valence-corrected chi connectivity index (χ2v) is 13.9. The maximum Gasteiger partial charge on any atom is 0.164 e. The Morgan fingerprint density at radius 3 is 1.63 bits per heavy atom. The second kappa shape index (κ2) is 12.7. The van der Waals surface area contributed by atoms with E-state index in [9.17, 15) is 0 Å². The molecule has 2 unspecified atom stereocenters. The van der Waals surface area contributed by atoms with Gasteiger partial charge in [-0.25, -0.2) is 15.0 Å². The molecule has 3 nitrogen and oxygen atoms in total. The van der Waals surface area contributed by atoms with Crippen LogP contribution in [0.1, 0.15) is 22.6 Å². The summed E-state index contributed by atoms with van der Waals surface area (Å²) >= 11 is 0. The number of aromatic nitrogens is 3. The summed E-state index contributed by atoms with van der Waals surface area (Å²) in [6.07, 6.45) is 19.7. The zero-order chi connectivity index (χ0) is 34.4. The number of allylic oxidation sites excluding steroid dienone is 12. The standard InChI is InChI=1S/C49H35N3/c1-4-14-32(15-5-1)38-23-13-25-42-43(38)30-45-41-21-11-10-20-40(41)44(31-46(42)45)39-24-12-22-37(39)33-26-28-36(29-27-33)49-51-47(34-16-6-2-7-17-34)50-48(52-49)35-18-8-3-9-19-35/h1-29,31,37,40-41H,30H2/t37?,40?,41-/m0/s1. The first kappa shape index (κ1) is 30.4. The van der Waals surface area contributed by atoms with Crippen molar-refractivity contribution in [1.82, 2.24) is 15.0 Å². The van der Waals surface area contributed by atoms with Gasteiger partial charge in [-0.3, -0.25) is 0 Å². The fraction of sp³-hybridized carbons (Fsp3) is 0.0816. The van der Waals surface area contributed by atoms with Crippen LogP contribution in [0.25, 0.3) is 50.9 Å². The number of fused-ring (bicyclic) bond motifs is 4. The van der Waals surface area contributed by atoms with Gasteiger partial charge in [-0.2, -0.15) is 0 Å². The predicted molar refractivity (Wildman–Crippen MR) is 212 cm³/mol. The van der Waals surface area contributed by atoms with Crippen molar-refractivity contribution in [1.29, 1.82) is 0 Å². The Labute approximate surface area is 304 Å². The van der Waals surface area contributed by atoms with Crippen LogP contribution in [0.2, 0.25) is 0 Å². The second-order valence-electron chi connectivity index (χ2n) is 13.9. The Bertz CT molecular complexity index is 2460. The van der Waals surface area contributed by atoms with E-state index in [1.807, 2.05) is 60.7 Å². The molecule has 5 aromatic carbocycles. The molecular formula is C49H35N3.